The molecule has 1 amide bonds. The minimum Gasteiger partial charge on any atom is -0.454 e. The average Bonchev–Trinajstić information content (AvgIpc) is 3.39. The standard InChI is InChI=1S/C22H22N6O3S/c1-4-14-7-5-6-8-15(14)21-30-11-16(31-21)32-22-27-17-18(23)25-12-26-19(17)28(22)10-9-24-20(29)13(2)3/h1,5-8,11-13,21H,9-10H2,2-3H3,(H,24,29)(H2,23,25,26). The zero-order chi connectivity index (χ0) is 22.7. The third kappa shape index (κ3) is 4.33. The topological polar surface area (TPSA) is 117 Å². The number of benzene rings is 1. The van der Waals surface area contributed by atoms with E-state index in [9.17, 15) is 4.79 Å². The van der Waals surface area contributed by atoms with E-state index in [1.165, 1.54) is 24.4 Å². The maximum Gasteiger partial charge on any atom is 0.269 e. The molecule has 1 aliphatic rings. The third-order valence-electron chi connectivity index (χ3n) is 4.76. The van der Waals surface area contributed by atoms with Crippen LogP contribution in [0, 0.1) is 18.3 Å². The fourth-order valence-electron chi connectivity index (χ4n) is 3.10. The summed E-state index contributed by atoms with van der Waals surface area (Å²) < 4.78 is 13.5. The van der Waals surface area contributed by atoms with Crippen molar-refractivity contribution >= 4 is 34.7 Å². The van der Waals surface area contributed by atoms with Crippen molar-refractivity contribution in [2.75, 3.05) is 12.3 Å². The van der Waals surface area contributed by atoms with Gasteiger partial charge in [-0.1, -0.05) is 38.0 Å². The van der Waals surface area contributed by atoms with Gasteiger partial charge in [-0.25, -0.2) is 15.0 Å². The van der Waals surface area contributed by atoms with E-state index in [1.807, 2.05) is 42.7 Å². The molecule has 4 rings (SSSR count). The van der Waals surface area contributed by atoms with Gasteiger partial charge in [-0.15, -0.1) is 6.42 Å². The van der Waals surface area contributed by atoms with Crippen molar-refractivity contribution in [1.82, 2.24) is 24.8 Å². The van der Waals surface area contributed by atoms with Crippen molar-refractivity contribution in [1.29, 1.82) is 0 Å². The minimum atomic E-state index is -0.641. The molecule has 0 saturated heterocycles. The second-order valence-electron chi connectivity index (χ2n) is 7.28. The van der Waals surface area contributed by atoms with Crippen LogP contribution in [0.25, 0.3) is 11.2 Å². The molecule has 0 radical (unpaired) electrons. The molecule has 0 saturated carbocycles. The monoisotopic (exact) mass is 450 g/mol. The fraction of sp³-hybridized carbons (Fsp3) is 0.273. The first-order valence-electron chi connectivity index (χ1n) is 9.98. The molecule has 0 aliphatic carbocycles. The maximum absolute atomic E-state index is 11.9. The highest BCUT2D eigenvalue weighted by Gasteiger charge is 2.26. The van der Waals surface area contributed by atoms with Crippen LogP contribution in [0.5, 0.6) is 0 Å². The Morgan fingerprint density at radius 1 is 1.38 bits per heavy atom. The number of terminal acetylenes is 1. The van der Waals surface area contributed by atoms with Crippen LogP contribution >= 0.6 is 11.8 Å². The number of hydrogen-bond donors (Lipinski definition) is 2. The summed E-state index contributed by atoms with van der Waals surface area (Å²) >= 11 is 1.27. The van der Waals surface area contributed by atoms with Gasteiger partial charge >= 0.3 is 0 Å². The summed E-state index contributed by atoms with van der Waals surface area (Å²) in [6.07, 6.45) is 7.86. The van der Waals surface area contributed by atoms with E-state index in [-0.39, 0.29) is 17.6 Å². The molecule has 1 aromatic carbocycles. The van der Waals surface area contributed by atoms with Crippen molar-refractivity contribution in [2.45, 2.75) is 31.8 Å². The molecule has 0 spiro atoms. The summed E-state index contributed by atoms with van der Waals surface area (Å²) in [5.41, 5.74) is 8.53. The van der Waals surface area contributed by atoms with E-state index in [0.717, 1.165) is 5.56 Å². The van der Waals surface area contributed by atoms with Crippen LogP contribution in [0.2, 0.25) is 0 Å². The van der Waals surface area contributed by atoms with Gasteiger partial charge in [-0.05, 0) is 17.8 Å². The number of nitrogens with zero attached hydrogens (tertiary/aromatic N) is 4. The summed E-state index contributed by atoms with van der Waals surface area (Å²) in [5.74, 6) is 2.79. The van der Waals surface area contributed by atoms with Crippen molar-refractivity contribution in [3.8, 4) is 12.3 Å². The lowest BCUT2D eigenvalue weighted by Gasteiger charge is -2.14. The lowest BCUT2D eigenvalue weighted by atomic mass is 10.1. The number of fused-ring (bicyclic) bond motifs is 1. The molecule has 1 aliphatic heterocycles. The number of carbonyl (C=O) groups is 1. The Bertz CT molecular complexity index is 1230. The number of nitrogens with two attached hydrogens (primary N) is 1. The SMILES string of the molecule is C#Cc1ccccc1C1OC=C(Sc2nc3c(N)ncnc3n2CCNC(=O)C(C)C)O1. The normalized spacial score (nSPS) is 15.2. The number of aromatic nitrogens is 4. The average molecular weight is 451 g/mol. The number of nitrogen functional groups attached to an aromatic ring is 1. The van der Waals surface area contributed by atoms with Crippen LogP contribution in [-0.2, 0) is 20.8 Å². The van der Waals surface area contributed by atoms with E-state index in [1.54, 1.807) is 0 Å². The first-order valence-corrected chi connectivity index (χ1v) is 10.8. The summed E-state index contributed by atoms with van der Waals surface area (Å²) in [6.45, 7) is 4.55. The van der Waals surface area contributed by atoms with Crippen LogP contribution in [-0.4, -0.2) is 32.0 Å². The fourth-order valence-corrected chi connectivity index (χ4v) is 3.94. The van der Waals surface area contributed by atoms with Crippen molar-refractivity contribution in [3.05, 3.63) is 53.1 Å². The van der Waals surface area contributed by atoms with Gasteiger partial charge in [0.2, 0.25) is 11.0 Å². The number of anilines is 1. The van der Waals surface area contributed by atoms with Gasteiger partial charge < -0.3 is 25.1 Å². The minimum absolute atomic E-state index is 0.0250. The van der Waals surface area contributed by atoms with Gasteiger partial charge in [-0.3, -0.25) is 4.79 Å². The van der Waals surface area contributed by atoms with Gasteiger partial charge in [0.15, 0.2) is 22.1 Å². The van der Waals surface area contributed by atoms with Crippen molar-refractivity contribution in [2.24, 2.45) is 5.92 Å². The van der Waals surface area contributed by atoms with Crippen molar-refractivity contribution < 1.29 is 14.3 Å². The highest BCUT2D eigenvalue weighted by atomic mass is 32.2. The lowest BCUT2D eigenvalue weighted by molar-refractivity contribution is -0.124. The molecule has 3 aromatic rings. The number of ether oxygens (including phenoxy) is 2. The van der Waals surface area contributed by atoms with E-state index in [2.05, 4.69) is 26.2 Å². The Hall–Kier alpha value is -3.71. The lowest BCUT2D eigenvalue weighted by Crippen LogP contribution is -2.30. The van der Waals surface area contributed by atoms with Crippen LogP contribution in [0.4, 0.5) is 5.82 Å². The first kappa shape index (κ1) is 21.5. The number of nitrogens with one attached hydrogen (secondary N) is 1. The van der Waals surface area contributed by atoms with Gasteiger partial charge in [0, 0.05) is 30.1 Å². The summed E-state index contributed by atoms with van der Waals surface area (Å²) in [6, 6.07) is 7.44. The van der Waals surface area contributed by atoms with Crippen molar-refractivity contribution in [3.63, 3.8) is 0 Å². The van der Waals surface area contributed by atoms with Gasteiger partial charge in [0.1, 0.15) is 12.6 Å². The number of imidazole rings is 1. The van der Waals surface area contributed by atoms with Gasteiger partial charge in [0.25, 0.3) is 6.29 Å². The smallest absolute Gasteiger partial charge is 0.269 e. The molecule has 3 N–H and O–H groups in total. The predicted molar refractivity (Wildman–Crippen MR) is 121 cm³/mol. The number of amides is 1. The molecular weight excluding hydrogens is 428 g/mol. The molecule has 2 aromatic heterocycles. The van der Waals surface area contributed by atoms with Crippen LogP contribution < -0.4 is 11.1 Å². The van der Waals surface area contributed by atoms with Gasteiger partial charge in [0.05, 0.1) is 0 Å². The molecular formula is C22H22N6O3S. The van der Waals surface area contributed by atoms with E-state index in [4.69, 9.17) is 21.6 Å². The highest BCUT2D eigenvalue weighted by molar-refractivity contribution is 8.02. The van der Waals surface area contributed by atoms with E-state index < -0.39 is 6.29 Å². The largest absolute Gasteiger partial charge is 0.454 e. The quantitative estimate of drug-likeness (QED) is 0.528. The Morgan fingerprint density at radius 3 is 2.97 bits per heavy atom. The number of hydrogen-bond acceptors (Lipinski definition) is 8. The Morgan fingerprint density at radius 2 is 2.19 bits per heavy atom. The van der Waals surface area contributed by atoms with E-state index >= 15 is 0 Å². The summed E-state index contributed by atoms with van der Waals surface area (Å²) in [7, 11) is 0. The van der Waals surface area contributed by atoms with Gasteiger partial charge in [-0.2, -0.15) is 0 Å². The number of thioether (sulfide) groups is 1. The first-order chi connectivity index (χ1) is 15.5. The molecule has 1 unspecified atom stereocenters. The Kier molecular flexibility index (Phi) is 6.18. The molecule has 3 heterocycles. The van der Waals surface area contributed by atoms with Crippen LogP contribution in [0.3, 0.4) is 0 Å². The molecule has 164 valence electrons. The Labute approximate surface area is 189 Å². The highest BCUT2D eigenvalue weighted by Crippen LogP contribution is 2.39. The second-order valence-corrected chi connectivity index (χ2v) is 8.25. The molecule has 9 nitrogen and oxygen atoms in total. The third-order valence-corrected chi connectivity index (χ3v) is 5.65. The van der Waals surface area contributed by atoms with Crippen LogP contribution in [0.15, 0.2) is 47.1 Å². The number of rotatable bonds is 7. The zero-order valence-electron chi connectivity index (χ0n) is 17.6. The zero-order valence-corrected chi connectivity index (χ0v) is 18.4. The maximum atomic E-state index is 11.9. The van der Waals surface area contributed by atoms with Crippen LogP contribution in [0.1, 0.15) is 31.3 Å². The van der Waals surface area contributed by atoms with E-state index in [0.29, 0.717) is 40.1 Å². The Balaban J connectivity index is 1.54. The molecule has 0 bridgehead atoms. The summed E-state index contributed by atoms with van der Waals surface area (Å²) in [5, 5.41) is 4.00. The summed E-state index contributed by atoms with van der Waals surface area (Å²) in [4.78, 5) is 24.9. The molecule has 32 heavy (non-hydrogen) atoms. The molecule has 1 atom stereocenters. The predicted octanol–water partition coefficient (Wildman–Crippen LogP) is 2.80. The second kappa shape index (κ2) is 9.20. The molecule has 10 heteroatoms. The number of carbonyl (C=O) groups excluding carboxylic acids is 1. The molecule has 0 fully saturated rings.